The molecular weight excluding hydrogens is 465 g/mol. The molecule has 3 N–H and O–H groups in total. The first-order chi connectivity index (χ1) is 16.8. The van der Waals surface area contributed by atoms with Crippen LogP contribution in [0.5, 0.6) is 0 Å². The van der Waals surface area contributed by atoms with Crippen LogP contribution in [-0.2, 0) is 10.0 Å². The summed E-state index contributed by atoms with van der Waals surface area (Å²) in [6.45, 7) is 2.08. The van der Waals surface area contributed by atoms with Gasteiger partial charge in [-0.2, -0.15) is 0 Å². The van der Waals surface area contributed by atoms with Gasteiger partial charge in [0.05, 0.1) is 4.90 Å². The molecule has 0 fully saturated rings. The smallest absolute Gasteiger partial charge is 0.261 e. The second-order valence-electron chi connectivity index (χ2n) is 7.94. The number of benzene rings is 4. The predicted molar refractivity (Wildman–Crippen MR) is 137 cm³/mol. The SMILES string of the molecule is CC(Nc1ccc(NC(=O)c2ccc(NS(=O)(=O)c3ccc(F)cc3)cc2)cc1)c1ccccc1. The zero-order valence-electron chi connectivity index (χ0n) is 18.9. The Morgan fingerprint density at radius 3 is 1.94 bits per heavy atom. The zero-order valence-corrected chi connectivity index (χ0v) is 19.7. The van der Waals surface area contributed by atoms with Crippen LogP contribution in [0.4, 0.5) is 21.5 Å². The summed E-state index contributed by atoms with van der Waals surface area (Å²) in [6, 6.07) is 28.2. The van der Waals surface area contributed by atoms with Crippen molar-refractivity contribution >= 4 is 33.0 Å². The van der Waals surface area contributed by atoms with Crippen LogP contribution in [0.25, 0.3) is 0 Å². The zero-order chi connectivity index (χ0) is 24.8. The van der Waals surface area contributed by atoms with Gasteiger partial charge in [0.25, 0.3) is 15.9 Å². The van der Waals surface area contributed by atoms with Gasteiger partial charge in [-0.1, -0.05) is 30.3 Å². The largest absolute Gasteiger partial charge is 0.379 e. The quantitative estimate of drug-likeness (QED) is 0.281. The molecule has 1 unspecified atom stereocenters. The number of halogens is 1. The normalized spacial score (nSPS) is 11.9. The molecule has 178 valence electrons. The van der Waals surface area contributed by atoms with E-state index in [0.29, 0.717) is 11.3 Å². The fraction of sp³-hybridized carbons (Fsp3) is 0.0741. The van der Waals surface area contributed by atoms with Crippen molar-refractivity contribution in [3.8, 4) is 0 Å². The lowest BCUT2D eigenvalue weighted by Gasteiger charge is -2.16. The van der Waals surface area contributed by atoms with Crippen molar-refractivity contribution in [1.82, 2.24) is 0 Å². The van der Waals surface area contributed by atoms with Gasteiger partial charge in [-0.25, -0.2) is 12.8 Å². The van der Waals surface area contributed by atoms with Gasteiger partial charge in [0, 0.05) is 28.7 Å². The molecule has 0 aliphatic heterocycles. The van der Waals surface area contributed by atoms with Crippen LogP contribution in [0.3, 0.4) is 0 Å². The summed E-state index contributed by atoms with van der Waals surface area (Å²) in [4.78, 5) is 12.6. The molecular formula is C27H24FN3O3S. The summed E-state index contributed by atoms with van der Waals surface area (Å²) in [7, 11) is -3.87. The molecule has 0 aliphatic carbocycles. The lowest BCUT2D eigenvalue weighted by Crippen LogP contribution is -2.14. The van der Waals surface area contributed by atoms with E-state index in [1.165, 1.54) is 42.0 Å². The van der Waals surface area contributed by atoms with Gasteiger partial charge in [0.15, 0.2) is 0 Å². The Kier molecular flexibility index (Phi) is 7.12. The van der Waals surface area contributed by atoms with E-state index in [-0.39, 0.29) is 22.5 Å². The minimum Gasteiger partial charge on any atom is -0.379 e. The number of sulfonamides is 1. The second-order valence-corrected chi connectivity index (χ2v) is 9.63. The van der Waals surface area contributed by atoms with Gasteiger partial charge in [-0.05, 0) is 85.3 Å². The molecule has 4 rings (SSSR count). The van der Waals surface area contributed by atoms with Crippen LogP contribution in [-0.4, -0.2) is 14.3 Å². The van der Waals surface area contributed by atoms with Crippen LogP contribution in [0.1, 0.15) is 28.9 Å². The maximum atomic E-state index is 13.1. The van der Waals surface area contributed by atoms with E-state index in [2.05, 4.69) is 34.4 Å². The van der Waals surface area contributed by atoms with E-state index in [0.717, 1.165) is 17.8 Å². The molecule has 1 atom stereocenters. The molecule has 0 bridgehead atoms. The number of amides is 1. The van der Waals surface area contributed by atoms with Crippen molar-refractivity contribution < 1.29 is 17.6 Å². The Labute approximate surface area is 203 Å². The molecule has 0 spiro atoms. The minimum atomic E-state index is -3.87. The monoisotopic (exact) mass is 489 g/mol. The van der Waals surface area contributed by atoms with E-state index in [1.807, 2.05) is 42.5 Å². The first-order valence-electron chi connectivity index (χ1n) is 10.9. The van der Waals surface area contributed by atoms with Gasteiger partial charge in [-0.15, -0.1) is 0 Å². The van der Waals surface area contributed by atoms with Crippen LogP contribution in [0, 0.1) is 5.82 Å². The van der Waals surface area contributed by atoms with Crippen molar-refractivity contribution in [2.24, 2.45) is 0 Å². The molecule has 6 nitrogen and oxygen atoms in total. The van der Waals surface area contributed by atoms with Crippen molar-refractivity contribution in [2.45, 2.75) is 17.9 Å². The van der Waals surface area contributed by atoms with Crippen LogP contribution in [0.2, 0.25) is 0 Å². The summed E-state index contributed by atoms with van der Waals surface area (Å²) >= 11 is 0. The number of rotatable bonds is 8. The van der Waals surface area contributed by atoms with E-state index in [1.54, 1.807) is 0 Å². The fourth-order valence-electron chi connectivity index (χ4n) is 3.45. The molecule has 0 heterocycles. The fourth-order valence-corrected chi connectivity index (χ4v) is 4.50. The van der Waals surface area contributed by atoms with Crippen molar-refractivity contribution in [2.75, 3.05) is 15.4 Å². The van der Waals surface area contributed by atoms with Gasteiger partial charge in [0.2, 0.25) is 0 Å². The number of hydrogen-bond donors (Lipinski definition) is 3. The Morgan fingerprint density at radius 1 is 0.743 bits per heavy atom. The Balaban J connectivity index is 1.35. The molecule has 1 amide bonds. The summed E-state index contributed by atoms with van der Waals surface area (Å²) in [5.41, 5.74) is 3.39. The highest BCUT2D eigenvalue weighted by molar-refractivity contribution is 7.92. The topological polar surface area (TPSA) is 87.3 Å². The number of anilines is 3. The standard InChI is InChI=1S/C27H24FN3O3S/c1-19(20-5-3-2-4-6-20)29-23-13-15-24(16-14-23)30-27(32)21-7-11-25(12-8-21)31-35(33,34)26-17-9-22(28)10-18-26/h2-19,29,31H,1H3,(H,30,32). The van der Waals surface area contributed by atoms with Crippen molar-refractivity contribution in [3.63, 3.8) is 0 Å². The van der Waals surface area contributed by atoms with Gasteiger partial charge in [-0.3, -0.25) is 9.52 Å². The molecule has 35 heavy (non-hydrogen) atoms. The van der Waals surface area contributed by atoms with Crippen LogP contribution >= 0.6 is 0 Å². The average Bonchev–Trinajstić information content (AvgIpc) is 2.86. The van der Waals surface area contributed by atoms with Crippen LogP contribution in [0.15, 0.2) is 108 Å². The highest BCUT2D eigenvalue weighted by Crippen LogP contribution is 2.22. The number of nitrogens with one attached hydrogen (secondary N) is 3. The number of hydrogen-bond acceptors (Lipinski definition) is 4. The number of carbonyl (C=O) groups is 1. The second kappa shape index (κ2) is 10.4. The summed E-state index contributed by atoms with van der Waals surface area (Å²) in [5, 5.41) is 6.25. The third-order valence-electron chi connectivity index (χ3n) is 5.35. The van der Waals surface area contributed by atoms with Gasteiger partial charge < -0.3 is 10.6 Å². The molecule has 4 aromatic carbocycles. The molecule has 0 aliphatic rings. The van der Waals surface area contributed by atoms with Gasteiger partial charge >= 0.3 is 0 Å². The Bertz CT molecular complexity index is 1390. The molecule has 4 aromatic rings. The van der Waals surface area contributed by atoms with Crippen molar-refractivity contribution in [3.05, 3.63) is 120 Å². The highest BCUT2D eigenvalue weighted by atomic mass is 32.2. The van der Waals surface area contributed by atoms with Crippen molar-refractivity contribution in [1.29, 1.82) is 0 Å². The minimum absolute atomic E-state index is 0.0585. The van der Waals surface area contributed by atoms with E-state index < -0.39 is 15.8 Å². The van der Waals surface area contributed by atoms with E-state index >= 15 is 0 Å². The maximum Gasteiger partial charge on any atom is 0.261 e. The van der Waals surface area contributed by atoms with Crippen LogP contribution < -0.4 is 15.4 Å². The number of carbonyl (C=O) groups excluding carboxylic acids is 1. The molecule has 0 aromatic heterocycles. The van der Waals surface area contributed by atoms with Gasteiger partial charge in [0.1, 0.15) is 5.82 Å². The first-order valence-corrected chi connectivity index (χ1v) is 12.4. The van der Waals surface area contributed by atoms with E-state index in [9.17, 15) is 17.6 Å². The summed E-state index contributed by atoms with van der Waals surface area (Å²) in [6.07, 6.45) is 0. The third kappa shape index (κ3) is 6.24. The predicted octanol–water partition coefficient (Wildman–Crippen LogP) is 6.05. The summed E-state index contributed by atoms with van der Waals surface area (Å²) < 4.78 is 40.3. The molecule has 0 radical (unpaired) electrons. The Morgan fingerprint density at radius 2 is 1.31 bits per heavy atom. The Hall–Kier alpha value is -4.17. The molecule has 0 saturated heterocycles. The highest BCUT2D eigenvalue weighted by Gasteiger charge is 2.15. The van der Waals surface area contributed by atoms with E-state index in [4.69, 9.17) is 0 Å². The summed E-state index contributed by atoms with van der Waals surface area (Å²) in [5.74, 6) is -0.844. The molecule has 0 saturated carbocycles. The molecule has 8 heteroatoms. The third-order valence-corrected chi connectivity index (χ3v) is 6.75. The average molecular weight is 490 g/mol. The lowest BCUT2D eigenvalue weighted by atomic mass is 10.1. The first kappa shape index (κ1) is 24.0. The lowest BCUT2D eigenvalue weighted by molar-refractivity contribution is 0.102. The maximum absolute atomic E-state index is 13.1.